The summed E-state index contributed by atoms with van der Waals surface area (Å²) in [7, 11) is 0. The molecule has 0 bridgehead atoms. The van der Waals surface area contributed by atoms with Gasteiger partial charge in [-0.2, -0.15) is 0 Å². The van der Waals surface area contributed by atoms with Gasteiger partial charge in [0, 0.05) is 12.1 Å². The Hall–Kier alpha value is -2.40. The van der Waals surface area contributed by atoms with Crippen LogP contribution in [0.1, 0.15) is 34.8 Å². The molecule has 3 N–H and O–H groups in total. The van der Waals surface area contributed by atoms with Crippen molar-refractivity contribution in [3.05, 3.63) is 57.4 Å². The third kappa shape index (κ3) is 2.94. The van der Waals surface area contributed by atoms with E-state index in [0.29, 0.717) is 6.54 Å². The number of aryl methyl sites for hydroxylation is 2. The van der Waals surface area contributed by atoms with Gasteiger partial charge < -0.3 is 4.57 Å². The Morgan fingerprint density at radius 3 is 2.59 bits per heavy atom. The number of pyridine rings is 1. The van der Waals surface area contributed by atoms with Crippen molar-refractivity contribution in [2.45, 2.75) is 33.7 Å². The second-order valence-electron chi connectivity index (χ2n) is 5.38. The maximum atomic E-state index is 12.6. The van der Waals surface area contributed by atoms with E-state index >= 15 is 0 Å². The number of rotatable bonds is 4. The van der Waals surface area contributed by atoms with Crippen LogP contribution in [0.5, 0.6) is 0 Å². The predicted octanol–water partition coefficient (Wildman–Crippen LogP) is 2.15. The standard InChI is InChI=1S/C17H21N3O2/c1-4-9-20-15(14-10-11(2)5-6-12(14)3)8-7-13(17(20)22)16(21)19-18/h5-8,10H,4,9,18H2,1-3H3,(H,19,21). The van der Waals surface area contributed by atoms with Gasteiger partial charge in [0.1, 0.15) is 5.56 Å². The molecule has 5 heteroatoms. The fourth-order valence-electron chi connectivity index (χ4n) is 2.52. The highest BCUT2D eigenvalue weighted by Gasteiger charge is 2.15. The van der Waals surface area contributed by atoms with Crippen molar-refractivity contribution in [2.24, 2.45) is 5.84 Å². The van der Waals surface area contributed by atoms with Crippen LogP contribution in [0.15, 0.2) is 35.1 Å². The SMILES string of the molecule is CCCn1c(-c2cc(C)ccc2C)ccc(C(=O)NN)c1=O. The molecule has 116 valence electrons. The molecule has 0 radical (unpaired) electrons. The molecule has 1 aromatic heterocycles. The number of hydrogen-bond acceptors (Lipinski definition) is 3. The highest BCUT2D eigenvalue weighted by molar-refractivity contribution is 5.93. The number of nitrogens with two attached hydrogens (primary N) is 1. The van der Waals surface area contributed by atoms with Crippen molar-refractivity contribution >= 4 is 5.91 Å². The maximum absolute atomic E-state index is 12.6. The van der Waals surface area contributed by atoms with Crippen LogP contribution in [0.25, 0.3) is 11.3 Å². The van der Waals surface area contributed by atoms with E-state index in [0.717, 1.165) is 28.8 Å². The highest BCUT2D eigenvalue weighted by atomic mass is 16.2. The first-order valence-corrected chi connectivity index (χ1v) is 7.32. The summed E-state index contributed by atoms with van der Waals surface area (Å²) >= 11 is 0. The Morgan fingerprint density at radius 2 is 1.95 bits per heavy atom. The van der Waals surface area contributed by atoms with Crippen LogP contribution >= 0.6 is 0 Å². The molecule has 0 fully saturated rings. The van der Waals surface area contributed by atoms with E-state index in [1.807, 2.05) is 44.4 Å². The summed E-state index contributed by atoms with van der Waals surface area (Å²) in [5, 5.41) is 0. The molecule has 0 spiro atoms. The van der Waals surface area contributed by atoms with Gasteiger partial charge >= 0.3 is 0 Å². The third-order valence-electron chi connectivity index (χ3n) is 3.67. The lowest BCUT2D eigenvalue weighted by atomic mass is 10.0. The zero-order chi connectivity index (χ0) is 16.3. The van der Waals surface area contributed by atoms with Gasteiger partial charge in [-0.3, -0.25) is 15.0 Å². The molecule has 0 saturated heterocycles. The maximum Gasteiger partial charge on any atom is 0.270 e. The van der Waals surface area contributed by atoms with E-state index in [1.165, 1.54) is 6.07 Å². The third-order valence-corrected chi connectivity index (χ3v) is 3.67. The summed E-state index contributed by atoms with van der Waals surface area (Å²) in [6.07, 6.45) is 0.797. The molecule has 0 aliphatic rings. The number of nitrogens with zero attached hydrogens (tertiary/aromatic N) is 1. The van der Waals surface area contributed by atoms with E-state index in [1.54, 1.807) is 4.57 Å². The molecule has 0 saturated carbocycles. The van der Waals surface area contributed by atoms with Gasteiger partial charge in [-0.15, -0.1) is 0 Å². The normalized spacial score (nSPS) is 10.5. The second-order valence-corrected chi connectivity index (χ2v) is 5.38. The van der Waals surface area contributed by atoms with E-state index in [-0.39, 0.29) is 11.1 Å². The summed E-state index contributed by atoms with van der Waals surface area (Å²) in [4.78, 5) is 24.3. The summed E-state index contributed by atoms with van der Waals surface area (Å²) in [5.74, 6) is 4.58. The fourth-order valence-corrected chi connectivity index (χ4v) is 2.52. The lowest BCUT2D eigenvalue weighted by Gasteiger charge is -2.16. The van der Waals surface area contributed by atoms with Crippen molar-refractivity contribution < 1.29 is 4.79 Å². The largest absolute Gasteiger partial charge is 0.308 e. The first kappa shape index (κ1) is 16.0. The van der Waals surface area contributed by atoms with Crippen LogP contribution in [0.3, 0.4) is 0 Å². The lowest BCUT2D eigenvalue weighted by Crippen LogP contribution is -2.37. The molecule has 1 aromatic carbocycles. The highest BCUT2D eigenvalue weighted by Crippen LogP contribution is 2.24. The molecular weight excluding hydrogens is 278 g/mol. The minimum Gasteiger partial charge on any atom is -0.308 e. The Labute approximate surface area is 129 Å². The molecule has 1 amide bonds. The fraction of sp³-hybridized carbons (Fsp3) is 0.294. The molecule has 0 aliphatic heterocycles. The van der Waals surface area contributed by atoms with Crippen LogP contribution in [0, 0.1) is 13.8 Å². The number of aromatic nitrogens is 1. The number of hydrazine groups is 1. The van der Waals surface area contributed by atoms with Crippen LogP contribution < -0.4 is 16.8 Å². The van der Waals surface area contributed by atoms with Gasteiger partial charge in [0.15, 0.2) is 0 Å². The van der Waals surface area contributed by atoms with Crippen molar-refractivity contribution in [1.29, 1.82) is 0 Å². The van der Waals surface area contributed by atoms with Crippen LogP contribution in [0.4, 0.5) is 0 Å². The van der Waals surface area contributed by atoms with E-state index in [2.05, 4.69) is 6.07 Å². The monoisotopic (exact) mass is 299 g/mol. The number of nitrogens with one attached hydrogen (secondary N) is 1. The molecule has 2 aromatic rings. The van der Waals surface area contributed by atoms with E-state index < -0.39 is 5.91 Å². The summed E-state index contributed by atoms with van der Waals surface area (Å²) in [6.45, 7) is 6.57. The average Bonchev–Trinajstić information content (AvgIpc) is 2.51. The number of nitrogen functional groups attached to an aromatic ring is 1. The van der Waals surface area contributed by atoms with Crippen molar-refractivity contribution in [3.63, 3.8) is 0 Å². The zero-order valence-electron chi connectivity index (χ0n) is 13.1. The van der Waals surface area contributed by atoms with Gasteiger partial charge in [-0.05, 0) is 44.0 Å². The van der Waals surface area contributed by atoms with Gasteiger partial charge in [-0.1, -0.05) is 24.6 Å². The van der Waals surface area contributed by atoms with Crippen molar-refractivity contribution in [2.75, 3.05) is 0 Å². The van der Waals surface area contributed by atoms with Gasteiger partial charge in [0.25, 0.3) is 11.5 Å². The van der Waals surface area contributed by atoms with Gasteiger partial charge in [0.05, 0.1) is 5.69 Å². The predicted molar refractivity (Wildman–Crippen MR) is 87.6 cm³/mol. The minimum absolute atomic E-state index is 0.0602. The molecule has 0 unspecified atom stereocenters. The minimum atomic E-state index is -0.567. The number of benzene rings is 1. The first-order chi connectivity index (χ1) is 10.5. The Kier molecular flexibility index (Phi) is 4.78. The number of hydrogen-bond donors (Lipinski definition) is 2. The zero-order valence-corrected chi connectivity index (χ0v) is 13.1. The lowest BCUT2D eigenvalue weighted by molar-refractivity contribution is 0.0951. The number of amides is 1. The first-order valence-electron chi connectivity index (χ1n) is 7.32. The molecule has 1 heterocycles. The van der Waals surface area contributed by atoms with E-state index in [9.17, 15) is 9.59 Å². The molecule has 0 aliphatic carbocycles. The van der Waals surface area contributed by atoms with Crippen LogP contribution in [-0.2, 0) is 6.54 Å². The molecule has 0 atom stereocenters. The van der Waals surface area contributed by atoms with Crippen LogP contribution in [-0.4, -0.2) is 10.5 Å². The summed E-state index contributed by atoms with van der Waals surface area (Å²) < 4.78 is 1.65. The molecule has 2 rings (SSSR count). The average molecular weight is 299 g/mol. The second kappa shape index (κ2) is 6.58. The summed E-state index contributed by atoms with van der Waals surface area (Å²) in [6, 6.07) is 9.47. The van der Waals surface area contributed by atoms with Gasteiger partial charge in [-0.25, -0.2) is 5.84 Å². The number of carbonyl (C=O) groups excluding carboxylic acids is 1. The summed E-state index contributed by atoms with van der Waals surface area (Å²) in [5.41, 5.74) is 5.80. The Balaban J connectivity index is 2.71. The molecule has 5 nitrogen and oxygen atoms in total. The van der Waals surface area contributed by atoms with Crippen LogP contribution in [0.2, 0.25) is 0 Å². The molecule has 22 heavy (non-hydrogen) atoms. The quantitative estimate of drug-likeness (QED) is 0.516. The molecular formula is C17H21N3O2. The smallest absolute Gasteiger partial charge is 0.270 e. The van der Waals surface area contributed by atoms with Crippen molar-refractivity contribution in [3.8, 4) is 11.3 Å². The number of carbonyl (C=O) groups is 1. The van der Waals surface area contributed by atoms with Gasteiger partial charge in [0.2, 0.25) is 0 Å². The van der Waals surface area contributed by atoms with Crippen molar-refractivity contribution in [1.82, 2.24) is 9.99 Å². The Bertz CT molecular complexity index is 763. The topological polar surface area (TPSA) is 77.1 Å². The van der Waals surface area contributed by atoms with E-state index in [4.69, 9.17) is 5.84 Å². The Morgan fingerprint density at radius 1 is 1.23 bits per heavy atom.